The van der Waals surface area contributed by atoms with Crippen LogP contribution in [0.3, 0.4) is 0 Å². The Kier molecular flexibility index (Phi) is 3.85. The second kappa shape index (κ2) is 5.70. The highest BCUT2D eigenvalue weighted by atomic mass is 35.5. The van der Waals surface area contributed by atoms with E-state index >= 15 is 0 Å². The Morgan fingerprint density at radius 1 is 1.22 bits per heavy atom. The highest BCUT2D eigenvalue weighted by Crippen LogP contribution is 2.37. The Hall–Kier alpha value is -2.34. The maximum Gasteiger partial charge on any atom is 0.222 e. The molecule has 0 amide bonds. The van der Waals surface area contributed by atoms with Gasteiger partial charge in [-0.15, -0.1) is 0 Å². The molecule has 0 aliphatic rings. The third-order valence-corrected chi connectivity index (χ3v) is 4.29. The predicted octanol–water partition coefficient (Wildman–Crippen LogP) is 3.11. The Labute approximate surface area is 139 Å². The fraction of sp³-hybridized carbons (Fsp3) is 0.312. The molecule has 1 aromatic carbocycles. The first-order valence-electron chi connectivity index (χ1n) is 7.36. The molecule has 0 saturated heterocycles. The van der Waals surface area contributed by atoms with E-state index in [-0.39, 0.29) is 5.28 Å². The van der Waals surface area contributed by atoms with Crippen LogP contribution in [0.1, 0.15) is 13.8 Å². The molecule has 0 bridgehead atoms. The van der Waals surface area contributed by atoms with E-state index in [2.05, 4.69) is 39.8 Å². The van der Waals surface area contributed by atoms with Gasteiger partial charge in [-0.25, -0.2) is 15.0 Å². The number of hydrogen-bond donors (Lipinski definition) is 1. The number of nitrogen functional groups attached to an aromatic ring is 1. The zero-order valence-corrected chi connectivity index (χ0v) is 14.3. The van der Waals surface area contributed by atoms with Gasteiger partial charge in [0.15, 0.2) is 0 Å². The van der Waals surface area contributed by atoms with E-state index in [0.717, 1.165) is 28.0 Å². The van der Waals surface area contributed by atoms with Gasteiger partial charge in [0.1, 0.15) is 5.52 Å². The molecule has 2 heterocycles. The number of anilines is 2. The van der Waals surface area contributed by atoms with Gasteiger partial charge in [0.05, 0.1) is 16.8 Å². The van der Waals surface area contributed by atoms with Gasteiger partial charge in [-0.1, -0.05) is 0 Å². The number of rotatable bonds is 3. The average molecular weight is 331 g/mol. The van der Waals surface area contributed by atoms with Crippen molar-refractivity contribution in [1.29, 1.82) is 0 Å². The molecule has 7 heteroatoms. The maximum absolute atomic E-state index is 5.99. The highest BCUT2D eigenvalue weighted by molar-refractivity contribution is 6.28. The highest BCUT2D eigenvalue weighted by Gasteiger charge is 2.20. The minimum absolute atomic E-state index is 0.210. The van der Waals surface area contributed by atoms with Gasteiger partial charge in [0, 0.05) is 32.0 Å². The topological polar surface area (TPSA) is 72.9 Å². The molecule has 0 atom stereocenters. The lowest BCUT2D eigenvalue weighted by Crippen LogP contribution is -2.26. The van der Waals surface area contributed by atoms with Gasteiger partial charge in [0.25, 0.3) is 0 Å². The van der Waals surface area contributed by atoms with Crippen LogP contribution in [0.15, 0.2) is 24.4 Å². The molecule has 3 rings (SSSR count). The van der Waals surface area contributed by atoms with Crippen LogP contribution in [0.25, 0.3) is 22.3 Å². The van der Waals surface area contributed by atoms with Crippen molar-refractivity contribution >= 4 is 34.3 Å². The van der Waals surface area contributed by atoms with E-state index in [9.17, 15) is 0 Å². The smallest absolute Gasteiger partial charge is 0.222 e. The summed E-state index contributed by atoms with van der Waals surface area (Å²) in [7, 11) is 3.94. The van der Waals surface area contributed by atoms with Crippen LogP contribution in [0.2, 0.25) is 5.28 Å². The van der Waals surface area contributed by atoms with Crippen LogP contribution in [0, 0.1) is 0 Å². The van der Waals surface area contributed by atoms with Crippen LogP contribution < -0.4 is 10.6 Å². The van der Waals surface area contributed by atoms with Crippen molar-refractivity contribution in [2.24, 2.45) is 7.05 Å². The number of fused-ring (bicyclic) bond motifs is 1. The minimum atomic E-state index is 0.210. The summed E-state index contributed by atoms with van der Waals surface area (Å²) in [5, 5.41) is 0.210. The van der Waals surface area contributed by atoms with E-state index in [1.54, 1.807) is 6.20 Å². The van der Waals surface area contributed by atoms with Crippen molar-refractivity contribution in [3.8, 4) is 11.3 Å². The molecular formula is C16H19ClN6. The monoisotopic (exact) mass is 330 g/mol. The van der Waals surface area contributed by atoms with E-state index in [0.29, 0.717) is 12.0 Å². The van der Waals surface area contributed by atoms with Crippen molar-refractivity contribution in [1.82, 2.24) is 19.5 Å². The first-order chi connectivity index (χ1) is 10.9. The normalized spacial score (nSPS) is 11.4. The summed E-state index contributed by atoms with van der Waals surface area (Å²) in [6.07, 6.45) is 1.65. The summed E-state index contributed by atoms with van der Waals surface area (Å²) in [5.41, 5.74) is 10.4. The van der Waals surface area contributed by atoms with Crippen LogP contribution in [0.4, 0.5) is 11.6 Å². The summed E-state index contributed by atoms with van der Waals surface area (Å²) in [6, 6.07) is 6.25. The number of halogens is 1. The van der Waals surface area contributed by atoms with Crippen LogP contribution >= 0.6 is 11.6 Å². The van der Waals surface area contributed by atoms with Gasteiger partial charge >= 0.3 is 0 Å². The lowest BCUT2D eigenvalue weighted by Gasteiger charge is -2.26. The quantitative estimate of drug-likeness (QED) is 0.747. The Morgan fingerprint density at radius 2 is 1.96 bits per heavy atom. The SMILES string of the molecule is CC(C)N(C)c1ccc2c(nc(N)n2C)c1-c1ccnc(Cl)n1. The Morgan fingerprint density at radius 3 is 2.61 bits per heavy atom. The van der Waals surface area contributed by atoms with Crippen molar-refractivity contribution in [3.05, 3.63) is 29.7 Å². The molecule has 23 heavy (non-hydrogen) atoms. The molecular weight excluding hydrogens is 312 g/mol. The second-order valence-corrected chi connectivity index (χ2v) is 6.11. The van der Waals surface area contributed by atoms with Crippen LogP contribution in [-0.4, -0.2) is 32.6 Å². The van der Waals surface area contributed by atoms with Gasteiger partial charge in [0.2, 0.25) is 11.2 Å². The lowest BCUT2D eigenvalue weighted by molar-refractivity contribution is 0.755. The number of aryl methyl sites for hydroxylation is 1. The molecule has 0 saturated carbocycles. The Bertz CT molecular complexity index is 870. The first-order valence-corrected chi connectivity index (χ1v) is 7.74. The number of nitrogens with two attached hydrogens (primary N) is 1. The summed E-state index contributed by atoms with van der Waals surface area (Å²) in [6.45, 7) is 4.27. The van der Waals surface area contributed by atoms with Gasteiger partial charge < -0.3 is 15.2 Å². The fourth-order valence-electron chi connectivity index (χ4n) is 2.57. The number of nitrogens with zero attached hydrogens (tertiary/aromatic N) is 5. The maximum atomic E-state index is 5.99. The molecule has 0 aliphatic heterocycles. The fourth-order valence-corrected chi connectivity index (χ4v) is 2.71. The van der Waals surface area contributed by atoms with Gasteiger partial charge in [-0.3, -0.25) is 0 Å². The molecule has 0 radical (unpaired) electrons. The van der Waals surface area contributed by atoms with E-state index in [1.807, 2.05) is 30.8 Å². The zero-order valence-electron chi connectivity index (χ0n) is 13.6. The van der Waals surface area contributed by atoms with Crippen LogP contribution in [0.5, 0.6) is 0 Å². The van der Waals surface area contributed by atoms with Crippen molar-refractivity contribution in [3.63, 3.8) is 0 Å². The van der Waals surface area contributed by atoms with Gasteiger partial charge in [-0.2, -0.15) is 0 Å². The van der Waals surface area contributed by atoms with Crippen molar-refractivity contribution in [2.45, 2.75) is 19.9 Å². The van der Waals surface area contributed by atoms with E-state index < -0.39 is 0 Å². The molecule has 0 aliphatic carbocycles. The molecule has 6 nitrogen and oxygen atoms in total. The third-order valence-electron chi connectivity index (χ3n) is 4.10. The predicted molar refractivity (Wildman–Crippen MR) is 94.7 cm³/mol. The van der Waals surface area contributed by atoms with Crippen molar-refractivity contribution < 1.29 is 0 Å². The van der Waals surface area contributed by atoms with Gasteiger partial charge in [-0.05, 0) is 43.6 Å². The minimum Gasteiger partial charge on any atom is -0.372 e. The first kappa shape index (κ1) is 15.6. The van der Waals surface area contributed by atoms with E-state index in [4.69, 9.17) is 17.3 Å². The molecule has 3 aromatic rings. The summed E-state index contributed by atoms with van der Waals surface area (Å²) < 4.78 is 1.86. The number of aromatic nitrogens is 4. The third kappa shape index (κ3) is 2.59. The number of hydrogen-bond acceptors (Lipinski definition) is 5. The number of imidazole rings is 1. The molecule has 2 N–H and O–H groups in total. The molecule has 120 valence electrons. The summed E-state index contributed by atoms with van der Waals surface area (Å²) in [5.74, 6) is 0.464. The van der Waals surface area contributed by atoms with E-state index in [1.165, 1.54) is 0 Å². The molecule has 2 aromatic heterocycles. The van der Waals surface area contributed by atoms with Crippen LogP contribution in [-0.2, 0) is 7.05 Å². The second-order valence-electron chi connectivity index (χ2n) is 5.77. The molecule has 0 spiro atoms. The Balaban J connectivity index is 2.38. The standard InChI is InChI=1S/C16H19ClN6/c1-9(2)22(3)11-5-6-12-14(21-16(18)23(12)4)13(11)10-7-8-19-15(17)20-10/h5-9H,1-4H3,(H2,18,21). The zero-order chi connectivity index (χ0) is 16.7. The number of benzene rings is 1. The molecule has 0 fully saturated rings. The van der Waals surface area contributed by atoms with Crippen molar-refractivity contribution in [2.75, 3.05) is 17.7 Å². The summed E-state index contributed by atoms with van der Waals surface area (Å²) >= 11 is 5.99. The summed E-state index contributed by atoms with van der Waals surface area (Å²) in [4.78, 5) is 15.0. The average Bonchev–Trinajstić information content (AvgIpc) is 2.80. The molecule has 0 unspecified atom stereocenters. The lowest BCUT2D eigenvalue weighted by atomic mass is 10.1. The largest absolute Gasteiger partial charge is 0.372 e.